The molecule has 5 rings (SSSR count). The fraction of sp³-hybridized carbons (Fsp3) is 0.952. The lowest BCUT2D eigenvalue weighted by atomic mass is 9.45. The van der Waals surface area contributed by atoms with E-state index in [1.165, 1.54) is 44.9 Å². The molecule has 4 saturated carbocycles. The van der Waals surface area contributed by atoms with Crippen molar-refractivity contribution in [2.24, 2.45) is 40.4 Å². The van der Waals surface area contributed by atoms with E-state index in [-0.39, 0.29) is 0 Å². The highest BCUT2D eigenvalue weighted by Crippen LogP contribution is 2.68. The van der Waals surface area contributed by atoms with Gasteiger partial charge in [0.1, 0.15) is 5.78 Å². The second-order valence-electron chi connectivity index (χ2n) is 10.1. The standard InChI is InChI=1S/C21H32O2/c1-12(22)15-6-7-16-14-5-4-13-10-18-19(23-18)11-21(13,3)17(14)8-9-20(15,16)2/h13-19H,4-11H2,1-3H3/t13-,14-,15+,16-,17-,18-,19+,20+,21-/m0/s1. The number of Topliss-reactive ketones (excluding diaryl/α,β-unsaturated/α-hetero) is 1. The molecule has 1 aliphatic heterocycles. The van der Waals surface area contributed by atoms with Crippen molar-refractivity contribution in [3.05, 3.63) is 0 Å². The Bertz CT molecular complexity index is 542. The minimum Gasteiger partial charge on any atom is -0.370 e. The van der Waals surface area contributed by atoms with Crippen molar-refractivity contribution in [2.75, 3.05) is 0 Å². The van der Waals surface area contributed by atoms with Gasteiger partial charge in [0, 0.05) is 5.92 Å². The van der Waals surface area contributed by atoms with Gasteiger partial charge in [-0.2, -0.15) is 0 Å². The summed E-state index contributed by atoms with van der Waals surface area (Å²) < 4.78 is 5.92. The summed E-state index contributed by atoms with van der Waals surface area (Å²) in [4.78, 5) is 12.2. The van der Waals surface area contributed by atoms with Crippen LogP contribution in [0.25, 0.3) is 0 Å². The summed E-state index contributed by atoms with van der Waals surface area (Å²) in [6, 6.07) is 0. The van der Waals surface area contributed by atoms with E-state index in [1.807, 2.05) is 6.92 Å². The van der Waals surface area contributed by atoms with Gasteiger partial charge in [0.15, 0.2) is 0 Å². The Balaban J connectivity index is 1.46. The number of fused-ring (bicyclic) bond motifs is 6. The molecule has 0 spiro atoms. The van der Waals surface area contributed by atoms with Gasteiger partial charge in [0.2, 0.25) is 0 Å². The summed E-state index contributed by atoms with van der Waals surface area (Å²) >= 11 is 0. The number of ether oxygens (including phenoxy) is 1. The summed E-state index contributed by atoms with van der Waals surface area (Å²) in [5.74, 6) is 4.30. The predicted octanol–water partition coefficient (Wildman–Crippen LogP) is 4.61. The molecular weight excluding hydrogens is 284 g/mol. The van der Waals surface area contributed by atoms with Gasteiger partial charge in [0.25, 0.3) is 0 Å². The highest BCUT2D eigenvalue weighted by atomic mass is 16.6. The maximum atomic E-state index is 12.2. The Morgan fingerprint density at radius 1 is 0.957 bits per heavy atom. The summed E-state index contributed by atoms with van der Waals surface area (Å²) in [6.45, 7) is 6.91. The van der Waals surface area contributed by atoms with Crippen LogP contribution in [0.15, 0.2) is 0 Å². The van der Waals surface area contributed by atoms with E-state index < -0.39 is 0 Å². The molecule has 0 aromatic carbocycles. The number of epoxide rings is 1. The molecule has 2 heteroatoms. The van der Waals surface area contributed by atoms with Crippen LogP contribution in [-0.2, 0) is 9.53 Å². The summed E-state index contributed by atoms with van der Waals surface area (Å²) in [7, 11) is 0. The summed E-state index contributed by atoms with van der Waals surface area (Å²) in [6.07, 6.45) is 11.8. The number of carbonyl (C=O) groups excluding carboxylic acids is 1. The van der Waals surface area contributed by atoms with Crippen molar-refractivity contribution < 1.29 is 9.53 Å². The van der Waals surface area contributed by atoms with Crippen molar-refractivity contribution in [3.63, 3.8) is 0 Å². The van der Waals surface area contributed by atoms with Gasteiger partial charge >= 0.3 is 0 Å². The topological polar surface area (TPSA) is 29.6 Å². The van der Waals surface area contributed by atoms with Gasteiger partial charge in [-0.15, -0.1) is 0 Å². The smallest absolute Gasteiger partial charge is 0.133 e. The molecule has 2 nitrogen and oxygen atoms in total. The van der Waals surface area contributed by atoms with Crippen LogP contribution in [0.4, 0.5) is 0 Å². The molecule has 5 fully saturated rings. The minimum atomic E-state index is 0.309. The van der Waals surface area contributed by atoms with Gasteiger partial charge < -0.3 is 4.74 Å². The minimum absolute atomic E-state index is 0.309. The molecule has 0 aromatic rings. The zero-order valence-electron chi connectivity index (χ0n) is 15.0. The normalized spacial score (nSPS) is 60.2. The molecule has 23 heavy (non-hydrogen) atoms. The molecule has 0 bridgehead atoms. The quantitative estimate of drug-likeness (QED) is 0.661. The lowest BCUT2D eigenvalue weighted by Crippen LogP contribution is -2.54. The molecule has 1 heterocycles. The molecule has 4 aliphatic carbocycles. The average molecular weight is 316 g/mol. The molecule has 128 valence electrons. The second-order valence-corrected chi connectivity index (χ2v) is 10.1. The zero-order chi connectivity index (χ0) is 16.0. The first kappa shape index (κ1) is 14.9. The largest absolute Gasteiger partial charge is 0.370 e. The average Bonchev–Trinajstić information content (AvgIpc) is 3.13. The first-order chi connectivity index (χ1) is 10.9. The Morgan fingerprint density at radius 2 is 1.74 bits per heavy atom. The lowest BCUT2D eigenvalue weighted by molar-refractivity contribution is -0.132. The van der Waals surface area contributed by atoms with Gasteiger partial charge in [0.05, 0.1) is 12.2 Å². The van der Waals surface area contributed by atoms with E-state index in [4.69, 9.17) is 4.74 Å². The third kappa shape index (κ3) is 1.88. The number of hydrogen-bond donors (Lipinski definition) is 0. The Hall–Kier alpha value is -0.370. The van der Waals surface area contributed by atoms with Crippen LogP contribution in [0.5, 0.6) is 0 Å². The molecule has 5 aliphatic rings. The fourth-order valence-corrected chi connectivity index (χ4v) is 8.19. The van der Waals surface area contributed by atoms with Crippen LogP contribution in [0.1, 0.15) is 72.1 Å². The third-order valence-corrected chi connectivity index (χ3v) is 9.40. The maximum Gasteiger partial charge on any atom is 0.133 e. The predicted molar refractivity (Wildman–Crippen MR) is 89.9 cm³/mol. The lowest BCUT2D eigenvalue weighted by Gasteiger charge is -2.59. The summed E-state index contributed by atoms with van der Waals surface area (Å²) in [5, 5.41) is 0. The van der Waals surface area contributed by atoms with Crippen molar-refractivity contribution in [1.82, 2.24) is 0 Å². The Morgan fingerprint density at radius 3 is 2.52 bits per heavy atom. The van der Waals surface area contributed by atoms with Gasteiger partial charge in [-0.3, -0.25) is 4.79 Å². The molecule has 0 unspecified atom stereocenters. The van der Waals surface area contributed by atoms with Gasteiger partial charge in [-0.05, 0) is 92.8 Å². The highest BCUT2D eigenvalue weighted by molar-refractivity contribution is 5.79. The van der Waals surface area contributed by atoms with Crippen LogP contribution in [0.3, 0.4) is 0 Å². The number of carbonyl (C=O) groups is 1. The van der Waals surface area contributed by atoms with Crippen molar-refractivity contribution in [1.29, 1.82) is 0 Å². The number of hydrogen-bond acceptors (Lipinski definition) is 2. The molecule has 1 saturated heterocycles. The maximum absolute atomic E-state index is 12.2. The second kappa shape index (κ2) is 4.62. The van der Waals surface area contributed by atoms with Crippen molar-refractivity contribution in [3.8, 4) is 0 Å². The van der Waals surface area contributed by atoms with Crippen molar-refractivity contribution in [2.45, 2.75) is 84.3 Å². The number of rotatable bonds is 1. The fourth-order valence-electron chi connectivity index (χ4n) is 8.19. The van der Waals surface area contributed by atoms with E-state index in [1.54, 1.807) is 0 Å². The zero-order valence-corrected chi connectivity index (χ0v) is 15.0. The van der Waals surface area contributed by atoms with Crippen molar-refractivity contribution >= 4 is 5.78 Å². The molecule has 0 aromatic heterocycles. The Labute approximate surface area is 140 Å². The van der Waals surface area contributed by atoms with E-state index in [2.05, 4.69) is 13.8 Å². The van der Waals surface area contributed by atoms with Gasteiger partial charge in [-0.1, -0.05) is 13.8 Å². The third-order valence-electron chi connectivity index (χ3n) is 9.40. The first-order valence-corrected chi connectivity index (χ1v) is 10.1. The van der Waals surface area contributed by atoms with E-state index in [0.29, 0.717) is 34.7 Å². The van der Waals surface area contributed by atoms with Crippen LogP contribution >= 0.6 is 0 Å². The van der Waals surface area contributed by atoms with E-state index in [0.717, 1.165) is 30.1 Å². The SMILES string of the molecule is CC(=O)[C@H]1CC[C@H]2[C@@H]3CC[C@H]4C[C@@H]5O[C@@H]5C[C@]4(C)[C@H]3CC[C@]12C. The molecular formula is C21H32O2. The first-order valence-electron chi connectivity index (χ1n) is 10.1. The van der Waals surface area contributed by atoms with Crippen LogP contribution < -0.4 is 0 Å². The van der Waals surface area contributed by atoms with Crippen LogP contribution in [0, 0.1) is 40.4 Å². The molecule has 9 atom stereocenters. The van der Waals surface area contributed by atoms with E-state index >= 15 is 0 Å². The van der Waals surface area contributed by atoms with Gasteiger partial charge in [-0.25, -0.2) is 0 Å². The number of ketones is 1. The van der Waals surface area contributed by atoms with Crippen LogP contribution in [-0.4, -0.2) is 18.0 Å². The summed E-state index contributed by atoms with van der Waals surface area (Å²) in [5.41, 5.74) is 0.833. The monoisotopic (exact) mass is 316 g/mol. The van der Waals surface area contributed by atoms with Crippen LogP contribution in [0.2, 0.25) is 0 Å². The molecule has 0 radical (unpaired) electrons. The Kier molecular flexibility index (Phi) is 3.00. The molecule has 0 N–H and O–H groups in total. The highest BCUT2D eigenvalue weighted by Gasteiger charge is 2.63. The van der Waals surface area contributed by atoms with E-state index in [9.17, 15) is 4.79 Å². The molecule has 0 amide bonds.